The largest absolute Gasteiger partial charge is 0.454 e. The van der Waals surface area contributed by atoms with Crippen molar-refractivity contribution in [2.75, 3.05) is 17.9 Å². The van der Waals surface area contributed by atoms with E-state index < -0.39 is 11.9 Å². The Hall–Kier alpha value is -3.20. The van der Waals surface area contributed by atoms with Gasteiger partial charge in [0.05, 0.1) is 16.8 Å². The Balaban J connectivity index is 1.32. The molecule has 0 spiro atoms. The normalized spacial score (nSPS) is 12.2. The average Bonchev–Trinajstić information content (AvgIpc) is 3.24. The number of nitrogens with zero attached hydrogens (tertiary/aromatic N) is 2. The molecule has 0 bridgehead atoms. The molecule has 2 N–H and O–H groups in total. The fourth-order valence-electron chi connectivity index (χ4n) is 2.68. The third-order valence-electron chi connectivity index (χ3n) is 3.96. The summed E-state index contributed by atoms with van der Waals surface area (Å²) < 4.78 is 12.4. The van der Waals surface area contributed by atoms with E-state index in [4.69, 9.17) is 9.47 Å². The number of imidazole rings is 1. The number of hydrogen-bond acceptors (Lipinski definition) is 6. The molecule has 138 valence electrons. The Morgan fingerprint density at radius 1 is 1.19 bits per heavy atom. The summed E-state index contributed by atoms with van der Waals surface area (Å²) in [5.74, 6) is 0.837. The summed E-state index contributed by atoms with van der Waals surface area (Å²) in [6.07, 6.45) is 0. The summed E-state index contributed by atoms with van der Waals surface area (Å²) in [4.78, 5) is 28.5. The fraction of sp³-hybridized carbons (Fsp3) is 0.167. The molecule has 2 heterocycles. The first-order valence-electron chi connectivity index (χ1n) is 8.15. The van der Waals surface area contributed by atoms with Crippen LogP contribution in [0.5, 0.6) is 11.5 Å². The highest BCUT2D eigenvalue weighted by Crippen LogP contribution is 2.34. The van der Waals surface area contributed by atoms with Gasteiger partial charge in [0.1, 0.15) is 0 Å². The number of para-hydroxylation sites is 2. The van der Waals surface area contributed by atoms with Crippen LogP contribution in [0.4, 0.5) is 10.5 Å². The summed E-state index contributed by atoms with van der Waals surface area (Å²) in [5, 5.41) is 5.61. The highest BCUT2D eigenvalue weighted by Gasteiger charge is 2.16. The number of fused-ring (bicyclic) bond motifs is 2. The number of carbonyl (C=O) groups is 2. The summed E-state index contributed by atoms with van der Waals surface area (Å²) in [7, 11) is 1.89. The van der Waals surface area contributed by atoms with E-state index in [9.17, 15) is 9.59 Å². The van der Waals surface area contributed by atoms with Crippen LogP contribution in [0.1, 0.15) is 0 Å². The van der Waals surface area contributed by atoms with E-state index in [-0.39, 0.29) is 12.5 Å². The van der Waals surface area contributed by atoms with Crippen molar-refractivity contribution in [3.63, 3.8) is 0 Å². The number of aryl methyl sites for hydroxylation is 1. The van der Waals surface area contributed by atoms with Crippen LogP contribution in [0.25, 0.3) is 11.0 Å². The van der Waals surface area contributed by atoms with Gasteiger partial charge in [0.25, 0.3) is 0 Å². The smallest absolute Gasteiger partial charge is 0.325 e. The van der Waals surface area contributed by atoms with Gasteiger partial charge in [-0.25, -0.2) is 9.78 Å². The molecule has 0 atom stereocenters. The second-order valence-electron chi connectivity index (χ2n) is 5.80. The van der Waals surface area contributed by atoms with Crippen LogP contribution in [0.3, 0.4) is 0 Å². The van der Waals surface area contributed by atoms with E-state index in [2.05, 4.69) is 15.6 Å². The number of aromatic nitrogens is 2. The van der Waals surface area contributed by atoms with Crippen LogP contribution in [-0.2, 0) is 11.8 Å². The molecule has 2 aromatic carbocycles. The Kier molecular flexibility index (Phi) is 4.59. The standard InChI is InChI=1S/C18H16N4O4S/c1-22-13-5-3-2-4-12(13)20-18(22)27-9-16(23)21-17(24)19-11-6-7-14-15(8-11)26-10-25-14/h2-8H,9-10H2,1H3,(H2,19,21,23,24). The third kappa shape index (κ3) is 3.68. The van der Waals surface area contributed by atoms with Crippen LogP contribution >= 0.6 is 11.8 Å². The van der Waals surface area contributed by atoms with Gasteiger partial charge in [-0.05, 0) is 24.3 Å². The van der Waals surface area contributed by atoms with Crippen LogP contribution in [0.2, 0.25) is 0 Å². The maximum absolute atomic E-state index is 12.1. The number of urea groups is 1. The number of rotatable bonds is 4. The molecule has 9 heteroatoms. The van der Waals surface area contributed by atoms with Crippen molar-refractivity contribution < 1.29 is 19.1 Å². The Morgan fingerprint density at radius 2 is 2.00 bits per heavy atom. The van der Waals surface area contributed by atoms with Gasteiger partial charge in [0.15, 0.2) is 16.7 Å². The molecule has 0 saturated carbocycles. The Morgan fingerprint density at radius 3 is 2.85 bits per heavy atom. The molecule has 0 unspecified atom stereocenters. The number of anilines is 1. The van der Waals surface area contributed by atoms with Gasteiger partial charge in [0.2, 0.25) is 12.7 Å². The molecule has 1 aromatic heterocycles. The molecule has 0 saturated heterocycles. The molecule has 3 aromatic rings. The molecule has 4 rings (SSSR count). The SMILES string of the molecule is Cn1c(SCC(=O)NC(=O)Nc2ccc3c(c2)OCO3)nc2ccccc21. The zero-order valence-corrected chi connectivity index (χ0v) is 15.2. The quantitative estimate of drug-likeness (QED) is 0.672. The summed E-state index contributed by atoms with van der Waals surface area (Å²) in [6, 6.07) is 12.1. The van der Waals surface area contributed by atoms with E-state index in [0.29, 0.717) is 22.3 Å². The minimum atomic E-state index is -0.607. The second-order valence-corrected chi connectivity index (χ2v) is 6.74. The second kappa shape index (κ2) is 7.20. The van der Waals surface area contributed by atoms with E-state index >= 15 is 0 Å². The number of amides is 3. The maximum atomic E-state index is 12.1. The molecular weight excluding hydrogens is 368 g/mol. The first-order valence-corrected chi connectivity index (χ1v) is 9.13. The summed E-state index contributed by atoms with van der Waals surface area (Å²) in [6.45, 7) is 0.156. The van der Waals surface area contributed by atoms with Crippen LogP contribution in [-0.4, -0.2) is 34.0 Å². The zero-order chi connectivity index (χ0) is 18.8. The van der Waals surface area contributed by atoms with E-state index in [1.54, 1.807) is 18.2 Å². The predicted octanol–water partition coefficient (Wildman–Crippen LogP) is 2.74. The minimum absolute atomic E-state index is 0.0751. The van der Waals surface area contributed by atoms with Gasteiger partial charge in [0, 0.05) is 18.8 Å². The number of hydrogen-bond donors (Lipinski definition) is 2. The van der Waals surface area contributed by atoms with E-state index in [1.165, 1.54) is 11.8 Å². The lowest BCUT2D eigenvalue weighted by molar-refractivity contribution is -0.117. The molecule has 27 heavy (non-hydrogen) atoms. The molecule has 0 aliphatic carbocycles. The van der Waals surface area contributed by atoms with Gasteiger partial charge in [-0.1, -0.05) is 23.9 Å². The van der Waals surface area contributed by atoms with Gasteiger partial charge in [-0.15, -0.1) is 0 Å². The van der Waals surface area contributed by atoms with Crippen molar-refractivity contribution in [3.8, 4) is 11.5 Å². The van der Waals surface area contributed by atoms with Gasteiger partial charge in [-0.3, -0.25) is 10.1 Å². The van der Waals surface area contributed by atoms with Crippen molar-refractivity contribution in [1.29, 1.82) is 0 Å². The fourth-order valence-corrected chi connectivity index (χ4v) is 3.47. The number of nitrogens with one attached hydrogen (secondary N) is 2. The molecular formula is C18H16N4O4S. The topological polar surface area (TPSA) is 94.5 Å². The maximum Gasteiger partial charge on any atom is 0.325 e. The number of imide groups is 1. The molecule has 8 nitrogen and oxygen atoms in total. The van der Waals surface area contributed by atoms with Crippen molar-refractivity contribution >= 4 is 40.4 Å². The highest BCUT2D eigenvalue weighted by molar-refractivity contribution is 7.99. The first-order chi connectivity index (χ1) is 13.1. The molecule has 1 aliphatic heterocycles. The first kappa shape index (κ1) is 17.2. The van der Waals surface area contributed by atoms with Crippen molar-refractivity contribution in [2.45, 2.75) is 5.16 Å². The lowest BCUT2D eigenvalue weighted by Crippen LogP contribution is -2.35. The van der Waals surface area contributed by atoms with Crippen LogP contribution in [0.15, 0.2) is 47.6 Å². The zero-order valence-electron chi connectivity index (χ0n) is 14.4. The lowest BCUT2D eigenvalue weighted by atomic mass is 10.3. The predicted molar refractivity (Wildman–Crippen MR) is 101 cm³/mol. The molecule has 3 amide bonds. The summed E-state index contributed by atoms with van der Waals surface area (Å²) >= 11 is 1.27. The van der Waals surface area contributed by atoms with Crippen molar-refractivity contribution in [1.82, 2.24) is 14.9 Å². The summed E-state index contributed by atoms with van der Waals surface area (Å²) in [5.41, 5.74) is 2.36. The molecule has 0 fully saturated rings. The highest BCUT2D eigenvalue weighted by atomic mass is 32.2. The van der Waals surface area contributed by atoms with Gasteiger partial charge < -0.3 is 19.4 Å². The molecule has 0 radical (unpaired) electrons. The third-order valence-corrected chi connectivity index (χ3v) is 4.99. The van der Waals surface area contributed by atoms with E-state index in [0.717, 1.165) is 11.0 Å². The van der Waals surface area contributed by atoms with E-state index in [1.807, 2.05) is 35.9 Å². The average molecular weight is 384 g/mol. The Labute approximate surface area is 158 Å². The monoisotopic (exact) mass is 384 g/mol. The number of carbonyl (C=O) groups excluding carboxylic acids is 2. The number of ether oxygens (including phenoxy) is 2. The van der Waals surface area contributed by atoms with Gasteiger partial charge >= 0.3 is 6.03 Å². The van der Waals surface area contributed by atoms with Crippen molar-refractivity contribution in [3.05, 3.63) is 42.5 Å². The Bertz CT molecular complexity index is 1030. The number of thioether (sulfide) groups is 1. The van der Waals surface area contributed by atoms with Gasteiger partial charge in [-0.2, -0.15) is 0 Å². The number of benzene rings is 2. The van der Waals surface area contributed by atoms with Crippen molar-refractivity contribution in [2.24, 2.45) is 7.05 Å². The molecule has 1 aliphatic rings. The van der Waals surface area contributed by atoms with Crippen LogP contribution < -0.4 is 20.1 Å². The van der Waals surface area contributed by atoms with Crippen LogP contribution in [0, 0.1) is 0 Å². The lowest BCUT2D eigenvalue weighted by Gasteiger charge is -2.07. The minimum Gasteiger partial charge on any atom is -0.454 e.